The first-order chi connectivity index (χ1) is 13.1. The summed E-state index contributed by atoms with van der Waals surface area (Å²) < 4.78 is 19.2. The highest BCUT2D eigenvalue weighted by Gasteiger charge is 2.35. The van der Waals surface area contributed by atoms with E-state index in [1.54, 1.807) is 12.1 Å². The molecule has 1 heterocycles. The number of benzene rings is 2. The second kappa shape index (κ2) is 9.14. The van der Waals surface area contributed by atoms with Crippen LogP contribution in [0.2, 0.25) is 0 Å². The van der Waals surface area contributed by atoms with Crippen molar-refractivity contribution in [1.29, 1.82) is 0 Å². The van der Waals surface area contributed by atoms with Gasteiger partial charge in [-0.1, -0.05) is 43.3 Å². The number of carbonyl (C=O) groups excluding carboxylic acids is 1. The van der Waals surface area contributed by atoms with Crippen molar-refractivity contribution < 1.29 is 13.9 Å². The predicted molar refractivity (Wildman–Crippen MR) is 105 cm³/mol. The van der Waals surface area contributed by atoms with Gasteiger partial charge in [0.05, 0.1) is 0 Å². The molecule has 2 aromatic rings. The van der Waals surface area contributed by atoms with E-state index >= 15 is 0 Å². The maximum Gasteiger partial charge on any atom is 0.220 e. The molecule has 1 amide bonds. The molecule has 0 aromatic heterocycles. The molecule has 1 aliphatic heterocycles. The summed E-state index contributed by atoms with van der Waals surface area (Å²) in [5, 5.41) is 3.09. The van der Waals surface area contributed by atoms with E-state index in [1.165, 1.54) is 17.2 Å². The minimum Gasteiger partial charge on any atom is -0.381 e. The molecule has 4 heteroatoms. The highest BCUT2D eigenvalue weighted by molar-refractivity contribution is 5.76. The molecular weight excluding hydrogens is 341 g/mol. The highest BCUT2D eigenvalue weighted by Crippen LogP contribution is 2.34. The number of carbonyl (C=O) groups is 1. The Morgan fingerprint density at radius 1 is 1.11 bits per heavy atom. The normalized spacial score (nSPS) is 16.1. The van der Waals surface area contributed by atoms with E-state index < -0.39 is 0 Å². The number of hydrogen-bond donors (Lipinski definition) is 1. The maximum atomic E-state index is 13.7. The summed E-state index contributed by atoms with van der Waals surface area (Å²) in [6.45, 7) is 3.92. The minimum atomic E-state index is -0.251. The molecule has 0 unspecified atom stereocenters. The Hall–Kier alpha value is -2.20. The Bertz CT molecular complexity index is 751. The van der Waals surface area contributed by atoms with Crippen molar-refractivity contribution >= 4 is 5.91 Å². The van der Waals surface area contributed by atoms with Gasteiger partial charge in [0.2, 0.25) is 5.91 Å². The van der Waals surface area contributed by atoms with E-state index in [0.717, 1.165) is 31.2 Å². The highest BCUT2D eigenvalue weighted by atomic mass is 19.1. The second-order valence-corrected chi connectivity index (χ2v) is 7.35. The number of hydrogen-bond acceptors (Lipinski definition) is 2. The van der Waals surface area contributed by atoms with Gasteiger partial charge in [-0.25, -0.2) is 4.39 Å². The molecule has 144 valence electrons. The van der Waals surface area contributed by atoms with Crippen LogP contribution in [-0.2, 0) is 27.8 Å². The van der Waals surface area contributed by atoms with Crippen molar-refractivity contribution in [2.75, 3.05) is 19.8 Å². The van der Waals surface area contributed by atoms with Crippen LogP contribution in [0.5, 0.6) is 0 Å². The zero-order chi connectivity index (χ0) is 19.1. The third kappa shape index (κ3) is 5.16. The fraction of sp³-hybridized carbons (Fsp3) is 0.435. The molecule has 1 N–H and O–H groups in total. The van der Waals surface area contributed by atoms with Crippen LogP contribution in [0.4, 0.5) is 4.39 Å². The van der Waals surface area contributed by atoms with Crippen LogP contribution >= 0.6 is 0 Å². The first-order valence-corrected chi connectivity index (χ1v) is 9.80. The fourth-order valence-corrected chi connectivity index (χ4v) is 3.70. The monoisotopic (exact) mass is 369 g/mol. The van der Waals surface area contributed by atoms with E-state index in [4.69, 9.17) is 4.74 Å². The zero-order valence-corrected chi connectivity index (χ0v) is 16.0. The van der Waals surface area contributed by atoms with Crippen LogP contribution in [0.3, 0.4) is 0 Å². The molecule has 0 atom stereocenters. The van der Waals surface area contributed by atoms with Gasteiger partial charge in [-0.05, 0) is 54.5 Å². The summed E-state index contributed by atoms with van der Waals surface area (Å²) >= 11 is 0. The van der Waals surface area contributed by atoms with Crippen molar-refractivity contribution in [3.8, 4) is 0 Å². The first kappa shape index (κ1) is 19.6. The van der Waals surface area contributed by atoms with Crippen molar-refractivity contribution in [1.82, 2.24) is 5.32 Å². The Labute approximate surface area is 160 Å². The lowest BCUT2D eigenvalue weighted by Gasteiger charge is -2.38. The molecule has 0 radical (unpaired) electrons. The van der Waals surface area contributed by atoms with Gasteiger partial charge in [-0.3, -0.25) is 4.79 Å². The van der Waals surface area contributed by atoms with Crippen LogP contribution in [0, 0.1) is 5.82 Å². The Morgan fingerprint density at radius 2 is 1.81 bits per heavy atom. The molecular formula is C23H28FNO2. The summed E-state index contributed by atoms with van der Waals surface area (Å²) in [7, 11) is 0. The van der Waals surface area contributed by atoms with Gasteiger partial charge < -0.3 is 10.1 Å². The predicted octanol–water partition coefficient (Wildman–Crippen LogP) is 4.19. The fourth-order valence-electron chi connectivity index (χ4n) is 3.70. The van der Waals surface area contributed by atoms with Crippen LogP contribution in [0.25, 0.3) is 0 Å². The topological polar surface area (TPSA) is 38.3 Å². The number of aryl methyl sites for hydroxylation is 2. The third-order valence-corrected chi connectivity index (χ3v) is 5.58. The number of amides is 1. The van der Waals surface area contributed by atoms with Crippen molar-refractivity contribution in [2.24, 2.45) is 0 Å². The quantitative estimate of drug-likeness (QED) is 0.795. The summed E-state index contributed by atoms with van der Waals surface area (Å²) in [5.74, 6) is -0.197. The molecule has 3 nitrogen and oxygen atoms in total. The van der Waals surface area contributed by atoms with E-state index in [2.05, 4.69) is 36.5 Å². The van der Waals surface area contributed by atoms with Crippen LogP contribution in [0.1, 0.15) is 42.9 Å². The average molecular weight is 369 g/mol. The van der Waals surface area contributed by atoms with Gasteiger partial charge in [-0.2, -0.15) is 0 Å². The number of rotatable bonds is 7. The van der Waals surface area contributed by atoms with Crippen LogP contribution in [-0.4, -0.2) is 25.7 Å². The molecule has 2 aromatic carbocycles. The van der Waals surface area contributed by atoms with E-state index in [-0.39, 0.29) is 17.1 Å². The largest absolute Gasteiger partial charge is 0.381 e. The SMILES string of the molecule is CCc1ccc(CCC(=O)NCC2(c3cccc(F)c3)CCOCC2)cc1. The van der Waals surface area contributed by atoms with Crippen molar-refractivity contribution in [3.05, 3.63) is 71.0 Å². The van der Waals surface area contributed by atoms with Gasteiger partial charge >= 0.3 is 0 Å². The molecule has 27 heavy (non-hydrogen) atoms. The van der Waals surface area contributed by atoms with Crippen LogP contribution in [0.15, 0.2) is 48.5 Å². The molecule has 3 rings (SSSR count). The molecule has 1 aliphatic rings. The zero-order valence-electron chi connectivity index (χ0n) is 16.0. The number of nitrogens with one attached hydrogen (secondary N) is 1. The van der Waals surface area contributed by atoms with E-state index in [0.29, 0.717) is 26.2 Å². The van der Waals surface area contributed by atoms with Crippen LogP contribution < -0.4 is 5.32 Å². The summed E-state index contributed by atoms with van der Waals surface area (Å²) in [6.07, 6.45) is 3.78. The molecule has 0 bridgehead atoms. The van der Waals surface area contributed by atoms with Gasteiger partial charge in [0, 0.05) is 31.6 Å². The minimum absolute atomic E-state index is 0.0387. The maximum absolute atomic E-state index is 13.7. The Kier molecular flexibility index (Phi) is 6.62. The Morgan fingerprint density at radius 3 is 2.48 bits per heavy atom. The molecule has 0 saturated carbocycles. The lowest BCUT2D eigenvalue weighted by molar-refractivity contribution is -0.121. The summed E-state index contributed by atoms with van der Waals surface area (Å²) in [5.41, 5.74) is 3.17. The van der Waals surface area contributed by atoms with Crippen molar-refractivity contribution in [2.45, 2.75) is 44.4 Å². The first-order valence-electron chi connectivity index (χ1n) is 9.80. The smallest absolute Gasteiger partial charge is 0.220 e. The van der Waals surface area contributed by atoms with E-state index in [1.807, 2.05) is 6.07 Å². The lowest BCUT2D eigenvalue weighted by Crippen LogP contribution is -2.44. The van der Waals surface area contributed by atoms with Gasteiger partial charge in [0.1, 0.15) is 5.82 Å². The van der Waals surface area contributed by atoms with E-state index in [9.17, 15) is 9.18 Å². The van der Waals surface area contributed by atoms with Gasteiger partial charge in [-0.15, -0.1) is 0 Å². The van der Waals surface area contributed by atoms with Gasteiger partial charge in [0.15, 0.2) is 0 Å². The molecule has 0 spiro atoms. The molecule has 1 fully saturated rings. The molecule has 1 saturated heterocycles. The average Bonchev–Trinajstić information content (AvgIpc) is 2.72. The third-order valence-electron chi connectivity index (χ3n) is 5.58. The molecule has 0 aliphatic carbocycles. The Balaban J connectivity index is 1.58. The number of halogens is 1. The lowest BCUT2D eigenvalue weighted by atomic mass is 9.74. The number of ether oxygens (including phenoxy) is 1. The standard InChI is InChI=1S/C23H28FNO2/c1-2-18-6-8-19(9-7-18)10-11-22(26)25-17-23(12-14-27-15-13-23)20-4-3-5-21(24)16-20/h3-9,16H,2,10-15,17H2,1H3,(H,25,26). The summed E-state index contributed by atoms with van der Waals surface area (Å²) in [4.78, 5) is 12.4. The summed E-state index contributed by atoms with van der Waals surface area (Å²) in [6, 6.07) is 15.2. The van der Waals surface area contributed by atoms with Gasteiger partial charge in [0.25, 0.3) is 0 Å². The van der Waals surface area contributed by atoms with Crippen molar-refractivity contribution in [3.63, 3.8) is 0 Å². The second-order valence-electron chi connectivity index (χ2n) is 7.35.